The average Bonchev–Trinajstić information content (AvgIpc) is 2.74. The second-order valence-electron chi connectivity index (χ2n) is 4.96. The molecule has 0 saturated carbocycles. The molecule has 0 radical (unpaired) electrons. The van der Waals surface area contributed by atoms with Gasteiger partial charge < -0.3 is 10.1 Å². The molecule has 2 aromatic rings. The zero-order valence-corrected chi connectivity index (χ0v) is 16.6. The number of nitrogens with one attached hydrogen (secondary N) is 1. The molecule has 0 fully saturated rings. The van der Waals surface area contributed by atoms with Crippen molar-refractivity contribution in [1.82, 2.24) is 5.32 Å². The number of aryl methyl sites for hydroxylation is 2. The Bertz CT molecular complexity index is 616. The summed E-state index contributed by atoms with van der Waals surface area (Å²) >= 11 is 8.94. The molecule has 2 rings (SSSR count). The van der Waals surface area contributed by atoms with Crippen LogP contribution in [0.2, 0.25) is 0 Å². The summed E-state index contributed by atoms with van der Waals surface area (Å²) in [7, 11) is 1.73. The van der Waals surface area contributed by atoms with Crippen LogP contribution in [-0.4, -0.2) is 13.7 Å². The lowest BCUT2D eigenvalue weighted by molar-refractivity contribution is 0.408. The van der Waals surface area contributed by atoms with Crippen molar-refractivity contribution < 1.29 is 4.74 Å². The van der Waals surface area contributed by atoms with E-state index in [-0.39, 0.29) is 6.04 Å². The summed E-state index contributed by atoms with van der Waals surface area (Å²) in [6.45, 7) is 7.23. The van der Waals surface area contributed by atoms with Gasteiger partial charge in [-0.2, -0.15) is 0 Å². The molecule has 1 N–H and O–H groups in total. The van der Waals surface area contributed by atoms with E-state index in [1.54, 1.807) is 18.4 Å². The van der Waals surface area contributed by atoms with Crippen molar-refractivity contribution in [1.29, 1.82) is 0 Å². The van der Waals surface area contributed by atoms with Crippen molar-refractivity contribution in [3.05, 3.63) is 48.0 Å². The van der Waals surface area contributed by atoms with Crippen molar-refractivity contribution in [2.24, 2.45) is 0 Å². The predicted octanol–water partition coefficient (Wildman–Crippen LogP) is 5.60. The Morgan fingerprint density at radius 1 is 1.19 bits per heavy atom. The molecule has 5 heteroatoms. The molecule has 1 unspecified atom stereocenters. The van der Waals surface area contributed by atoms with Gasteiger partial charge in [-0.3, -0.25) is 0 Å². The standard InChI is InChI=1S/C16H19Br2NOS/c1-5-19-14(12-8-13(17)21-16(12)18)11-6-9(2)15(20-4)10(3)7-11/h6-8,14,19H,5H2,1-4H3. The van der Waals surface area contributed by atoms with Crippen LogP contribution < -0.4 is 10.1 Å². The summed E-state index contributed by atoms with van der Waals surface area (Å²) in [6, 6.07) is 6.76. The highest BCUT2D eigenvalue weighted by Crippen LogP contribution is 2.39. The van der Waals surface area contributed by atoms with Crippen LogP contribution in [-0.2, 0) is 0 Å². The maximum atomic E-state index is 5.47. The SMILES string of the molecule is CCNC(c1cc(C)c(OC)c(C)c1)c1cc(Br)sc1Br. The number of thiophene rings is 1. The number of methoxy groups -OCH3 is 1. The number of benzene rings is 1. The molecule has 0 spiro atoms. The highest BCUT2D eigenvalue weighted by Gasteiger charge is 2.20. The minimum absolute atomic E-state index is 0.176. The van der Waals surface area contributed by atoms with Crippen LogP contribution >= 0.6 is 43.2 Å². The Balaban J connectivity index is 2.51. The van der Waals surface area contributed by atoms with Gasteiger partial charge in [0.2, 0.25) is 0 Å². The molecule has 1 aromatic carbocycles. The smallest absolute Gasteiger partial charge is 0.124 e. The van der Waals surface area contributed by atoms with Crippen molar-refractivity contribution in [3.63, 3.8) is 0 Å². The fourth-order valence-corrected chi connectivity index (χ4v) is 5.54. The Labute approximate surface area is 147 Å². The predicted molar refractivity (Wildman–Crippen MR) is 97.7 cm³/mol. The van der Waals surface area contributed by atoms with E-state index in [0.29, 0.717) is 0 Å². The summed E-state index contributed by atoms with van der Waals surface area (Å²) in [5.41, 5.74) is 4.86. The van der Waals surface area contributed by atoms with Crippen LogP contribution in [0.1, 0.15) is 35.2 Å². The third kappa shape index (κ3) is 3.70. The van der Waals surface area contributed by atoms with E-state index in [9.17, 15) is 0 Å². The van der Waals surface area contributed by atoms with Crippen LogP contribution in [0.4, 0.5) is 0 Å². The molecule has 21 heavy (non-hydrogen) atoms. The molecular weight excluding hydrogens is 414 g/mol. The molecule has 0 amide bonds. The summed E-state index contributed by atoms with van der Waals surface area (Å²) in [5, 5.41) is 3.58. The number of halogens is 2. The first kappa shape index (κ1) is 17.0. The van der Waals surface area contributed by atoms with E-state index < -0.39 is 0 Å². The van der Waals surface area contributed by atoms with Crippen LogP contribution in [0.5, 0.6) is 5.75 Å². The fraction of sp³-hybridized carbons (Fsp3) is 0.375. The van der Waals surface area contributed by atoms with Gasteiger partial charge in [0.05, 0.1) is 20.7 Å². The average molecular weight is 433 g/mol. The third-order valence-electron chi connectivity index (χ3n) is 3.42. The Morgan fingerprint density at radius 3 is 2.24 bits per heavy atom. The van der Waals surface area contributed by atoms with Gasteiger partial charge in [0, 0.05) is 0 Å². The van der Waals surface area contributed by atoms with Gasteiger partial charge >= 0.3 is 0 Å². The zero-order chi connectivity index (χ0) is 15.6. The summed E-state index contributed by atoms with van der Waals surface area (Å²) in [6.07, 6.45) is 0. The summed E-state index contributed by atoms with van der Waals surface area (Å²) in [4.78, 5) is 0. The van der Waals surface area contributed by atoms with Crippen LogP contribution in [0.3, 0.4) is 0 Å². The fourth-order valence-electron chi connectivity index (χ4n) is 2.63. The molecule has 2 nitrogen and oxygen atoms in total. The minimum atomic E-state index is 0.176. The van der Waals surface area contributed by atoms with Crippen LogP contribution in [0, 0.1) is 13.8 Å². The lowest BCUT2D eigenvalue weighted by Gasteiger charge is -2.21. The van der Waals surface area contributed by atoms with Crippen molar-refractivity contribution in [2.45, 2.75) is 26.8 Å². The van der Waals surface area contributed by atoms with Gasteiger partial charge in [0.1, 0.15) is 5.75 Å². The highest BCUT2D eigenvalue weighted by molar-refractivity contribution is 9.12. The molecular formula is C16H19Br2NOS. The Hall–Kier alpha value is -0.360. The monoisotopic (exact) mass is 431 g/mol. The van der Waals surface area contributed by atoms with E-state index in [1.807, 2.05) is 0 Å². The second kappa shape index (κ2) is 7.27. The van der Waals surface area contributed by atoms with E-state index in [4.69, 9.17) is 4.74 Å². The Kier molecular flexibility index (Phi) is 5.88. The van der Waals surface area contributed by atoms with Gasteiger partial charge in [0.25, 0.3) is 0 Å². The van der Waals surface area contributed by atoms with Crippen LogP contribution in [0.15, 0.2) is 25.8 Å². The molecule has 0 aliphatic carbocycles. The van der Waals surface area contributed by atoms with Gasteiger partial charge in [0.15, 0.2) is 0 Å². The number of hydrogen-bond acceptors (Lipinski definition) is 3. The maximum absolute atomic E-state index is 5.47. The minimum Gasteiger partial charge on any atom is -0.496 e. The van der Waals surface area contributed by atoms with Crippen molar-refractivity contribution in [3.8, 4) is 5.75 Å². The molecule has 1 aromatic heterocycles. The van der Waals surface area contributed by atoms with E-state index in [1.165, 1.54) is 22.3 Å². The molecule has 0 saturated heterocycles. The van der Waals surface area contributed by atoms with Crippen molar-refractivity contribution in [2.75, 3.05) is 13.7 Å². The lowest BCUT2D eigenvalue weighted by Crippen LogP contribution is -2.22. The maximum Gasteiger partial charge on any atom is 0.124 e. The quantitative estimate of drug-likeness (QED) is 0.663. The molecule has 1 heterocycles. The highest BCUT2D eigenvalue weighted by atomic mass is 79.9. The largest absolute Gasteiger partial charge is 0.496 e. The van der Waals surface area contributed by atoms with Gasteiger partial charge in [-0.1, -0.05) is 19.1 Å². The molecule has 114 valence electrons. The third-order valence-corrected chi connectivity index (χ3v) is 5.81. The van der Waals surface area contributed by atoms with Crippen LogP contribution in [0.25, 0.3) is 0 Å². The summed E-state index contributed by atoms with van der Waals surface area (Å²) < 4.78 is 7.76. The Morgan fingerprint density at radius 2 is 1.81 bits per heavy atom. The van der Waals surface area contributed by atoms with E-state index in [2.05, 4.69) is 76.1 Å². The second-order valence-corrected chi connectivity index (χ2v) is 8.71. The topological polar surface area (TPSA) is 21.3 Å². The van der Waals surface area contributed by atoms with E-state index in [0.717, 1.165) is 19.9 Å². The normalized spacial score (nSPS) is 12.5. The number of ether oxygens (including phenoxy) is 1. The first-order chi connectivity index (χ1) is 9.97. The molecule has 0 aliphatic heterocycles. The number of hydrogen-bond donors (Lipinski definition) is 1. The molecule has 1 atom stereocenters. The van der Waals surface area contributed by atoms with E-state index >= 15 is 0 Å². The van der Waals surface area contributed by atoms with Gasteiger partial charge in [-0.05, 0) is 80.6 Å². The molecule has 0 aliphatic rings. The summed E-state index contributed by atoms with van der Waals surface area (Å²) in [5.74, 6) is 0.972. The molecule has 0 bridgehead atoms. The zero-order valence-electron chi connectivity index (χ0n) is 12.6. The van der Waals surface area contributed by atoms with Crippen molar-refractivity contribution >= 4 is 43.2 Å². The van der Waals surface area contributed by atoms with Gasteiger partial charge in [-0.25, -0.2) is 0 Å². The first-order valence-corrected chi connectivity index (χ1v) is 9.21. The lowest BCUT2D eigenvalue weighted by atomic mass is 9.96. The first-order valence-electron chi connectivity index (χ1n) is 6.81. The number of rotatable bonds is 5. The van der Waals surface area contributed by atoms with Gasteiger partial charge in [-0.15, -0.1) is 11.3 Å².